The van der Waals surface area contributed by atoms with Crippen LogP contribution in [0.4, 0.5) is 0 Å². The van der Waals surface area contributed by atoms with Crippen LogP contribution >= 0.6 is 0 Å². The fourth-order valence-electron chi connectivity index (χ4n) is 0.851. The zero-order valence-corrected chi connectivity index (χ0v) is 7.44. The lowest BCUT2D eigenvalue weighted by atomic mass is 10.2. The van der Waals surface area contributed by atoms with Crippen molar-refractivity contribution in [2.24, 2.45) is 5.73 Å². The molecule has 1 fully saturated rings. The van der Waals surface area contributed by atoms with E-state index in [-0.39, 0.29) is 6.42 Å². The number of aliphatic carboxylic acids is 1. The van der Waals surface area contributed by atoms with E-state index < -0.39 is 18.3 Å². The highest BCUT2D eigenvalue weighted by molar-refractivity contribution is 5.73. The van der Waals surface area contributed by atoms with Gasteiger partial charge in [0.05, 0.1) is 13.2 Å². The van der Waals surface area contributed by atoms with E-state index in [9.17, 15) is 4.79 Å². The Morgan fingerprint density at radius 3 is 2.38 bits per heavy atom. The first kappa shape index (κ1) is 12.1. The Bertz CT molecular complexity index is 156. The normalized spacial score (nSPS) is 18.8. The highest BCUT2D eigenvalue weighted by Gasteiger charge is 2.22. The molecule has 0 amide bonds. The van der Waals surface area contributed by atoms with Crippen LogP contribution in [-0.2, 0) is 14.3 Å². The first-order valence-corrected chi connectivity index (χ1v) is 3.91. The first-order chi connectivity index (χ1) is 6.20. The van der Waals surface area contributed by atoms with Crippen molar-refractivity contribution < 1.29 is 19.4 Å². The van der Waals surface area contributed by atoms with Crippen molar-refractivity contribution in [3.63, 3.8) is 0 Å². The SMILES string of the molecule is C=C.N[C@@H](CC1OCCO1)C(=O)O. The summed E-state index contributed by atoms with van der Waals surface area (Å²) in [6.07, 6.45) is -0.212. The van der Waals surface area contributed by atoms with Gasteiger partial charge in [0, 0.05) is 6.42 Å². The molecule has 1 aliphatic heterocycles. The van der Waals surface area contributed by atoms with Crippen LogP contribution in [0.15, 0.2) is 13.2 Å². The van der Waals surface area contributed by atoms with Crippen molar-refractivity contribution in [1.82, 2.24) is 0 Å². The molecule has 5 heteroatoms. The number of carboxylic acid groups (broad SMARTS) is 1. The second-order valence-corrected chi connectivity index (χ2v) is 2.35. The van der Waals surface area contributed by atoms with E-state index in [1.54, 1.807) is 0 Å². The third-order valence-electron chi connectivity index (χ3n) is 1.45. The molecule has 5 nitrogen and oxygen atoms in total. The molecule has 1 saturated heterocycles. The maximum Gasteiger partial charge on any atom is 0.320 e. The zero-order chi connectivity index (χ0) is 10.3. The summed E-state index contributed by atoms with van der Waals surface area (Å²) in [6.45, 7) is 7.05. The maximum atomic E-state index is 10.3. The van der Waals surface area contributed by atoms with Gasteiger partial charge in [0.15, 0.2) is 6.29 Å². The van der Waals surface area contributed by atoms with Gasteiger partial charge in [0.25, 0.3) is 0 Å². The fourth-order valence-corrected chi connectivity index (χ4v) is 0.851. The molecule has 3 N–H and O–H groups in total. The number of carbonyl (C=O) groups is 1. The topological polar surface area (TPSA) is 81.8 Å². The minimum absolute atomic E-state index is 0.218. The fraction of sp³-hybridized carbons (Fsp3) is 0.625. The monoisotopic (exact) mass is 189 g/mol. The summed E-state index contributed by atoms with van der Waals surface area (Å²) in [7, 11) is 0. The minimum atomic E-state index is -1.02. The van der Waals surface area contributed by atoms with Gasteiger partial charge in [-0.15, -0.1) is 13.2 Å². The molecule has 0 radical (unpaired) electrons. The molecule has 0 unspecified atom stereocenters. The molecule has 1 atom stereocenters. The van der Waals surface area contributed by atoms with Crippen LogP contribution in [0.3, 0.4) is 0 Å². The summed E-state index contributed by atoms with van der Waals surface area (Å²) < 4.78 is 10.0. The lowest BCUT2D eigenvalue weighted by Gasteiger charge is -2.11. The van der Waals surface area contributed by atoms with Crippen molar-refractivity contribution in [3.05, 3.63) is 13.2 Å². The Kier molecular flexibility index (Phi) is 6.13. The molecule has 1 heterocycles. The van der Waals surface area contributed by atoms with E-state index in [4.69, 9.17) is 20.3 Å². The van der Waals surface area contributed by atoms with E-state index in [2.05, 4.69) is 13.2 Å². The lowest BCUT2D eigenvalue weighted by Crippen LogP contribution is -2.34. The van der Waals surface area contributed by atoms with E-state index in [1.807, 2.05) is 0 Å². The Morgan fingerprint density at radius 2 is 2.00 bits per heavy atom. The summed E-state index contributed by atoms with van der Waals surface area (Å²) in [5, 5.41) is 8.41. The predicted molar refractivity (Wildman–Crippen MR) is 47.2 cm³/mol. The number of rotatable bonds is 3. The molecule has 0 spiro atoms. The van der Waals surface area contributed by atoms with Gasteiger partial charge in [0.1, 0.15) is 6.04 Å². The Morgan fingerprint density at radius 1 is 1.54 bits per heavy atom. The largest absolute Gasteiger partial charge is 0.480 e. The van der Waals surface area contributed by atoms with E-state index in [1.165, 1.54) is 0 Å². The van der Waals surface area contributed by atoms with Crippen molar-refractivity contribution in [3.8, 4) is 0 Å². The summed E-state index contributed by atoms with van der Waals surface area (Å²) in [5.41, 5.74) is 5.24. The number of hydrogen-bond acceptors (Lipinski definition) is 4. The van der Waals surface area contributed by atoms with Crippen LogP contribution < -0.4 is 5.73 Å². The van der Waals surface area contributed by atoms with Gasteiger partial charge in [-0.3, -0.25) is 4.79 Å². The molecular weight excluding hydrogens is 174 g/mol. The molecule has 0 aliphatic carbocycles. The third kappa shape index (κ3) is 4.62. The van der Waals surface area contributed by atoms with Gasteiger partial charge >= 0.3 is 5.97 Å². The smallest absolute Gasteiger partial charge is 0.320 e. The molecule has 76 valence electrons. The van der Waals surface area contributed by atoms with Crippen LogP contribution in [0.25, 0.3) is 0 Å². The Labute approximate surface area is 77.1 Å². The zero-order valence-electron chi connectivity index (χ0n) is 7.44. The molecule has 0 aromatic rings. The van der Waals surface area contributed by atoms with Crippen molar-refractivity contribution >= 4 is 5.97 Å². The molecule has 1 aliphatic rings. The van der Waals surface area contributed by atoms with Gasteiger partial charge in [-0.05, 0) is 0 Å². The number of ether oxygens (including phenoxy) is 2. The van der Waals surface area contributed by atoms with Crippen molar-refractivity contribution in [2.45, 2.75) is 18.8 Å². The molecule has 0 aromatic heterocycles. The summed E-state index contributed by atoms with van der Waals surface area (Å²) in [5.74, 6) is -1.02. The molecular formula is C8H15NO4. The van der Waals surface area contributed by atoms with Crippen molar-refractivity contribution in [1.29, 1.82) is 0 Å². The number of nitrogens with two attached hydrogens (primary N) is 1. The van der Waals surface area contributed by atoms with Crippen LogP contribution in [-0.4, -0.2) is 36.6 Å². The van der Waals surface area contributed by atoms with Crippen LogP contribution in [0, 0.1) is 0 Å². The van der Waals surface area contributed by atoms with E-state index in [0.717, 1.165) is 0 Å². The van der Waals surface area contributed by atoms with Crippen molar-refractivity contribution in [2.75, 3.05) is 13.2 Å². The predicted octanol–water partition coefficient (Wildman–Crippen LogP) is -0.0365. The molecule has 1 rings (SSSR count). The summed E-state index contributed by atoms with van der Waals surface area (Å²) in [4.78, 5) is 10.3. The van der Waals surface area contributed by atoms with Crippen LogP contribution in [0.5, 0.6) is 0 Å². The number of carboxylic acids is 1. The third-order valence-corrected chi connectivity index (χ3v) is 1.45. The molecule has 0 saturated carbocycles. The quantitative estimate of drug-likeness (QED) is 0.609. The standard InChI is InChI=1S/C6H11NO4.C2H4/c7-4(6(8)9)3-5-10-1-2-11-5;1-2/h4-5H,1-3,7H2,(H,8,9);1-2H2/t4-;/m0./s1. The van der Waals surface area contributed by atoms with Gasteiger partial charge in [-0.25, -0.2) is 0 Å². The average Bonchev–Trinajstić information content (AvgIpc) is 2.60. The maximum absolute atomic E-state index is 10.3. The van der Waals surface area contributed by atoms with E-state index >= 15 is 0 Å². The summed E-state index contributed by atoms with van der Waals surface area (Å²) >= 11 is 0. The number of hydrogen-bond donors (Lipinski definition) is 2. The Balaban J connectivity index is 0.000000671. The second kappa shape index (κ2) is 6.59. The molecule has 0 aromatic carbocycles. The lowest BCUT2D eigenvalue weighted by molar-refractivity contribution is -0.141. The summed E-state index contributed by atoms with van der Waals surface area (Å²) in [6, 6.07) is -0.891. The van der Waals surface area contributed by atoms with Crippen LogP contribution in [0.2, 0.25) is 0 Å². The minimum Gasteiger partial charge on any atom is -0.480 e. The second-order valence-electron chi connectivity index (χ2n) is 2.35. The highest BCUT2D eigenvalue weighted by Crippen LogP contribution is 2.09. The first-order valence-electron chi connectivity index (χ1n) is 3.91. The molecule has 13 heavy (non-hydrogen) atoms. The van der Waals surface area contributed by atoms with Gasteiger partial charge < -0.3 is 20.3 Å². The van der Waals surface area contributed by atoms with Crippen LogP contribution in [0.1, 0.15) is 6.42 Å². The van der Waals surface area contributed by atoms with Gasteiger partial charge in [-0.2, -0.15) is 0 Å². The Hall–Kier alpha value is -0.910. The van der Waals surface area contributed by atoms with E-state index in [0.29, 0.717) is 13.2 Å². The highest BCUT2D eigenvalue weighted by atomic mass is 16.7. The average molecular weight is 189 g/mol. The molecule has 0 bridgehead atoms. The van der Waals surface area contributed by atoms with Gasteiger partial charge in [-0.1, -0.05) is 0 Å². The van der Waals surface area contributed by atoms with Gasteiger partial charge in [0.2, 0.25) is 0 Å².